The number of hydrogen-bond acceptors (Lipinski definition) is 4. The number of quaternary nitrogens is 1. The van der Waals surface area contributed by atoms with Gasteiger partial charge in [-0.15, -0.1) is 0 Å². The van der Waals surface area contributed by atoms with Gasteiger partial charge in [0.25, 0.3) is 0 Å². The van der Waals surface area contributed by atoms with E-state index in [1.807, 2.05) is 18.2 Å². The second kappa shape index (κ2) is 11.5. The third-order valence-electron chi connectivity index (χ3n) is 4.46. The van der Waals surface area contributed by atoms with Gasteiger partial charge in [-0.25, -0.2) is 4.79 Å². The molecule has 0 aliphatic carbocycles. The molecule has 4 atom stereocenters. The van der Waals surface area contributed by atoms with Gasteiger partial charge < -0.3 is 32.4 Å². The number of para-hydroxylation sites is 1. The van der Waals surface area contributed by atoms with Crippen LogP contribution in [0.2, 0.25) is 0 Å². The summed E-state index contributed by atoms with van der Waals surface area (Å²) in [5.41, 5.74) is 3.81. The Morgan fingerprint density at radius 2 is 1.89 bits per heavy atom. The van der Waals surface area contributed by atoms with Crippen LogP contribution in [0.1, 0.15) is 39.0 Å². The van der Waals surface area contributed by atoms with Crippen LogP contribution in [0.5, 0.6) is 5.75 Å². The lowest BCUT2D eigenvalue weighted by Crippen LogP contribution is -3.00. The maximum atomic E-state index is 12.4. The molecule has 0 bridgehead atoms. The SMILES string of the molecule is C[C@@H]1OC(=O)[C@@H]([NH3+])CCC[C@H](OCCCC(F)(F)F)[C@H]1Oc1ccccc1.[Cl-]. The van der Waals surface area contributed by atoms with E-state index in [0.717, 1.165) is 0 Å². The number of carbonyl (C=O) groups is 1. The van der Waals surface area contributed by atoms with Crippen molar-refractivity contribution in [1.82, 2.24) is 0 Å². The smallest absolute Gasteiger partial charge is 0.389 e. The molecule has 0 saturated carbocycles. The monoisotopic (exact) mass is 425 g/mol. The third-order valence-corrected chi connectivity index (χ3v) is 4.46. The van der Waals surface area contributed by atoms with Crippen LogP contribution in [0.25, 0.3) is 0 Å². The summed E-state index contributed by atoms with van der Waals surface area (Å²) < 4.78 is 54.3. The topological polar surface area (TPSA) is 72.4 Å². The summed E-state index contributed by atoms with van der Waals surface area (Å²) in [6.07, 6.45) is -5.20. The molecule has 1 fully saturated rings. The van der Waals surface area contributed by atoms with E-state index in [4.69, 9.17) is 14.2 Å². The Morgan fingerprint density at radius 1 is 1.21 bits per heavy atom. The molecule has 0 spiro atoms. The first-order valence-corrected chi connectivity index (χ1v) is 9.20. The lowest BCUT2D eigenvalue weighted by Gasteiger charge is -2.31. The molecule has 0 unspecified atom stereocenters. The van der Waals surface area contributed by atoms with Crippen molar-refractivity contribution in [2.24, 2.45) is 0 Å². The number of ether oxygens (including phenoxy) is 3. The van der Waals surface area contributed by atoms with Gasteiger partial charge in [0, 0.05) is 19.4 Å². The van der Waals surface area contributed by atoms with E-state index in [2.05, 4.69) is 5.73 Å². The molecule has 1 aliphatic heterocycles. The van der Waals surface area contributed by atoms with Gasteiger partial charge in [-0.05, 0) is 38.3 Å². The molecule has 9 heteroatoms. The van der Waals surface area contributed by atoms with E-state index in [9.17, 15) is 18.0 Å². The van der Waals surface area contributed by atoms with Crippen LogP contribution in [-0.2, 0) is 14.3 Å². The van der Waals surface area contributed by atoms with Gasteiger partial charge in [-0.1, -0.05) is 18.2 Å². The predicted octanol–water partition coefficient (Wildman–Crippen LogP) is -0.108. The normalized spacial score (nSPS) is 26.2. The van der Waals surface area contributed by atoms with Crippen molar-refractivity contribution < 1.29 is 50.3 Å². The van der Waals surface area contributed by atoms with Crippen LogP contribution in [-0.4, -0.2) is 43.1 Å². The van der Waals surface area contributed by atoms with Crippen LogP contribution in [0.15, 0.2) is 30.3 Å². The van der Waals surface area contributed by atoms with E-state index in [1.165, 1.54) is 0 Å². The second-order valence-corrected chi connectivity index (χ2v) is 6.79. The molecule has 3 N–H and O–H groups in total. The lowest BCUT2D eigenvalue weighted by atomic mass is 10.0. The highest BCUT2D eigenvalue weighted by Crippen LogP contribution is 2.25. The fourth-order valence-electron chi connectivity index (χ4n) is 3.01. The fraction of sp³-hybridized carbons (Fsp3) is 0.632. The van der Waals surface area contributed by atoms with Gasteiger partial charge in [0.1, 0.15) is 11.9 Å². The number of halogens is 4. The van der Waals surface area contributed by atoms with Gasteiger partial charge in [-0.2, -0.15) is 13.2 Å². The minimum absolute atomic E-state index is 0. The van der Waals surface area contributed by atoms with Crippen molar-refractivity contribution in [3.63, 3.8) is 0 Å². The first-order valence-electron chi connectivity index (χ1n) is 9.20. The van der Waals surface area contributed by atoms with Crippen molar-refractivity contribution in [1.29, 1.82) is 0 Å². The quantitative estimate of drug-likeness (QED) is 0.510. The van der Waals surface area contributed by atoms with Crippen LogP contribution in [0.4, 0.5) is 13.2 Å². The summed E-state index contributed by atoms with van der Waals surface area (Å²) in [5.74, 6) is 0.182. The summed E-state index contributed by atoms with van der Waals surface area (Å²) in [6, 6.07) is 8.53. The van der Waals surface area contributed by atoms with Crippen molar-refractivity contribution in [2.45, 2.75) is 69.6 Å². The summed E-state index contributed by atoms with van der Waals surface area (Å²) in [6.45, 7) is 1.67. The Kier molecular flexibility index (Phi) is 10.1. The van der Waals surface area contributed by atoms with E-state index in [-0.39, 0.29) is 25.4 Å². The maximum absolute atomic E-state index is 12.4. The number of rotatable bonds is 6. The third kappa shape index (κ3) is 8.24. The zero-order chi connectivity index (χ0) is 19.9. The largest absolute Gasteiger partial charge is 1.00 e. The summed E-state index contributed by atoms with van der Waals surface area (Å²) in [5, 5.41) is 0. The Labute approximate surface area is 169 Å². The molecule has 1 aromatic carbocycles. The molecule has 28 heavy (non-hydrogen) atoms. The molecular formula is C19H27ClF3NO4. The lowest BCUT2D eigenvalue weighted by molar-refractivity contribution is -0.410. The zero-order valence-electron chi connectivity index (χ0n) is 15.8. The average molecular weight is 426 g/mol. The van der Waals surface area contributed by atoms with Crippen molar-refractivity contribution in [3.8, 4) is 5.75 Å². The van der Waals surface area contributed by atoms with Crippen LogP contribution in [0.3, 0.4) is 0 Å². The summed E-state index contributed by atoms with van der Waals surface area (Å²) in [4.78, 5) is 12.1. The standard InChI is InChI=1S/C19H26F3NO4.ClH/c1-13-17(27-14-7-3-2-4-8-14)16(25-12-6-11-19(20,21)22)10-5-9-15(23)18(24)26-13;/h2-4,7-8,13,15-17H,5-6,9-12,23H2,1H3;1H/t13-,15-,16-,17-;/m0./s1. The van der Waals surface area contributed by atoms with E-state index in [0.29, 0.717) is 25.0 Å². The van der Waals surface area contributed by atoms with E-state index >= 15 is 0 Å². The predicted molar refractivity (Wildman–Crippen MR) is 92.0 cm³/mol. The van der Waals surface area contributed by atoms with Gasteiger partial charge >= 0.3 is 12.1 Å². The number of benzene rings is 1. The number of cyclic esters (lactones) is 1. The first kappa shape index (κ1) is 24.5. The van der Waals surface area contributed by atoms with Gasteiger partial charge in [0.2, 0.25) is 0 Å². The van der Waals surface area contributed by atoms with Crippen molar-refractivity contribution in [3.05, 3.63) is 30.3 Å². The van der Waals surface area contributed by atoms with Crippen LogP contribution >= 0.6 is 0 Å². The Balaban J connectivity index is 0.00000392. The Morgan fingerprint density at radius 3 is 2.54 bits per heavy atom. The fourth-order valence-corrected chi connectivity index (χ4v) is 3.01. The zero-order valence-corrected chi connectivity index (χ0v) is 16.5. The molecule has 5 nitrogen and oxygen atoms in total. The van der Waals surface area contributed by atoms with Gasteiger partial charge in [0.15, 0.2) is 12.1 Å². The highest BCUT2D eigenvalue weighted by atomic mass is 35.5. The van der Waals surface area contributed by atoms with E-state index < -0.39 is 42.9 Å². The molecule has 0 aromatic heterocycles. The van der Waals surface area contributed by atoms with Crippen LogP contribution < -0.4 is 22.9 Å². The summed E-state index contributed by atoms with van der Waals surface area (Å²) in [7, 11) is 0. The molecule has 0 amide bonds. The number of carbonyl (C=O) groups excluding carboxylic acids is 1. The molecule has 160 valence electrons. The molecule has 0 radical (unpaired) electrons. The number of alkyl halides is 3. The number of esters is 1. The maximum Gasteiger partial charge on any atom is 0.389 e. The molecule has 1 aliphatic rings. The first-order chi connectivity index (χ1) is 12.8. The molecule has 1 saturated heterocycles. The van der Waals surface area contributed by atoms with Crippen molar-refractivity contribution >= 4 is 5.97 Å². The van der Waals surface area contributed by atoms with E-state index in [1.54, 1.807) is 19.1 Å². The molecule has 1 aromatic rings. The number of hydrogen-bond donors (Lipinski definition) is 1. The minimum atomic E-state index is -4.20. The molecule has 1 heterocycles. The highest BCUT2D eigenvalue weighted by molar-refractivity contribution is 5.74. The van der Waals surface area contributed by atoms with Gasteiger partial charge in [0.05, 0.1) is 6.10 Å². The van der Waals surface area contributed by atoms with Crippen LogP contribution in [0, 0.1) is 0 Å². The van der Waals surface area contributed by atoms with Gasteiger partial charge in [-0.3, -0.25) is 0 Å². The Bertz CT molecular complexity index is 588. The molecular weight excluding hydrogens is 399 g/mol. The molecule has 2 rings (SSSR count). The average Bonchev–Trinajstić information content (AvgIpc) is 2.65. The van der Waals surface area contributed by atoms with Crippen molar-refractivity contribution in [2.75, 3.05) is 6.61 Å². The highest BCUT2D eigenvalue weighted by Gasteiger charge is 2.36. The Hall–Kier alpha value is -1.51. The summed E-state index contributed by atoms with van der Waals surface area (Å²) >= 11 is 0. The second-order valence-electron chi connectivity index (χ2n) is 6.79. The minimum Gasteiger partial charge on any atom is -1.00 e.